The van der Waals surface area contributed by atoms with E-state index in [1.165, 1.54) is 24.3 Å². The number of aromatic hydroxyl groups is 1. The lowest BCUT2D eigenvalue weighted by atomic mass is 10.2. The number of non-ortho nitro benzene ring substituents is 1. The normalized spacial score (nSPS) is 10.4. The zero-order valence-electron chi connectivity index (χ0n) is 10.1. The molecule has 0 fully saturated rings. The van der Waals surface area contributed by atoms with Crippen LogP contribution in [-0.2, 0) is 6.42 Å². The van der Waals surface area contributed by atoms with Crippen LogP contribution in [0.2, 0.25) is 0 Å². The van der Waals surface area contributed by atoms with Crippen molar-refractivity contribution in [1.82, 2.24) is 9.97 Å². The molecule has 1 aromatic carbocycles. The summed E-state index contributed by atoms with van der Waals surface area (Å²) in [7, 11) is 0. The third-order valence-corrected chi connectivity index (χ3v) is 2.70. The van der Waals surface area contributed by atoms with Gasteiger partial charge in [0.15, 0.2) is 0 Å². The van der Waals surface area contributed by atoms with E-state index in [1.54, 1.807) is 6.92 Å². The van der Waals surface area contributed by atoms with Crippen LogP contribution in [0.15, 0.2) is 29.1 Å². The van der Waals surface area contributed by atoms with Gasteiger partial charge in [-0.15, -0.1) is 0 Å². The molecule has 2 aromatic rings. The minimum atomic E-state index is -0.516. The molecule has 0 aliphatic heterocycles. The van der Waals surface area contributed by atoms with Gasteiger partial charge in [-0.3, -0.25) is 14.9 Å². The summed E-state index contributed by atoms with van der Waals surface area (Å²) < 4.78 is 0. The van der Waals surface area contributed by atoms with Gasteiger partial charge in [-0.2, -0.15) is 4.98 Å². The summed E-state index contributed by atoms with van der Waals surface area (Å²) in [6, 6.07) is 5.53. The summed E-state index contributed by atoms with van der Waals surface area (Å²) in [5.41, 5.74) is 0.232. The second kappa shape index (κ2) is 4.89. The Labute approximate surface area is 107 Å². The van der Waals surface area contributed by atoms with Gasteiger partial charge < -0.3 is 10.1 Å². The molecule has 1 aromatic heterocycles. The maximum absolute atomic E-state index is 11.7. The summed E-state index contributed by atoms with van der Waals surface area (Å²) in [5, 5.41) is 20.2. The molecule has 98 valence electrons. The predicted molar refractivity (Wildman–Crippen MR) is 68.0 cm³/mol. The molecule has 0 radical (unpaired) electrons. The van der Waals surface area contributed by atoms with Crippen LogP contribution < -0.4 is 5.56 Å². The molecule has 1 heterocycles. The summed E-state index contributed by atoms with van der Waals surface area (Å²) in [4.78, 5) is 28.1. The lowest BCUT2D eigenvalue weighted by Gasteiger charge is -2.04. The van der Waals surface area contributed by atoms with Gasteiger partial charge in [0.05, 0.1) is 10.5 Å². The fourth-order valence-electron chi connectivity index (χ4n) is 1.68. The van der Waals surface area contributed by atoms with E-state index >= 15 is 0 Å². The number of nitrogens with one attached hydrogen (secondary N) is 1. The van der Waals surface area contributed by atoms with Gasteiger partial charge in [-0.05, 0) is 18.6 Å². The van der Waals surface area contributed by atoms with E-state index in [2.05, 4.69) is 9.97 Å². The minimum Gasteiger partial charge on any atom is -0.493 e. The van der Waals surface area contributed by atoms with Crippen LogP contribution in [0.4, 0.5) is 5.69 Å². The fourth-order valence-corrected chi connectivity index (χ4v) is 1.68. The van der Waals surface area contributed by atoms with Gasteiger partial charge in [-0.1, -0.05) is 6.92 Å². The standard InChI is InChI=1S/C12H11N3O4/c1-2-9-11(16)13-10(14-12(9)17)7-3-5-8(6-4-7)15(18)19/h3-6H,2H2,1H3,(H2,13,14,16,17). The first kappa shape index (κ1) is 12.7. The predicted octanol–water partition coefficient (Wildman–Crippen LogP) is 1.61. The Morgan fingerprint density at radius 1 is 1.37 bits per heavy atom. The SMILES string of the molecule is CCc1c(O)nc(-c2ccc([N+](=O)[O-])cc2)[nH]c1=O. The van der Waals surface area contributed by atoms with Crippen LogP contribution in [0, 0.1) is 10.1 Å². The van der Waals surface area contributed by atoms with Crippen molar-refractivity contribution >= 4 is 5.69 Å². The second-order valence-electron chi connectivity index (χ2n) is 3.87. The molecule has 2 rings (SSSR count). The molecule has 0 saturated carbocycles. The number of nitro benzene ring substituents is 1. The molecule has 7 heteroatoms. The van der Waals surface area contributed by atoms with E-state index < -0.39 is 10.5 Å². The Morgan fingerprint density at radius 2 is 2.00 bits per heavy atom. The maximum Gasteiger partial charge on any atom is 0.269 e. The monoisotopic (exact) mass is 261 g/mol. The summed E-state index contributed by atoms with van der Waals surface area (Å²) in [6.07, 6.45) is 0.370. The Balaban J connectivity index is 2.48. The Morgan fingerprint density at radius 3 is 2.47 bits per heavy atom. The van der Waals surface area contributed by atoms with Crippen LogP contribution >= 0.6 is 0 Å². The Hall–Kier alpha value is -2.70. The third-order valence-electron chi connectivity index (χ3n) is 2.70. The maximum atomic E-state index is 11.7. The van der Waals surface area contributed by atoms with E-state index in [9.17, 15) is 20.0 Å². The largest absolute Gasteiger partial charge is 0.493 e. The number of aromatic amines is 1. The van der Waals surface area contributed by atoms with Crippen molar-refractivity contribution in [2.45, 2.75) is 13.3 Å². The highest BCUT2D eigenvalue weighted by Crippen LogP contribution is 2.20. The van der Waals surface area contributed by atoms with Crippen molar-refractivity contribution in [3.05, 3.63) is 50.3 Å². The molecule has 0 spiro atoms. The topological polar surface area (TPSA) is 109 Å². The van der Waals surface area contributed by atoms with E-state index in [0.717, 1.165) is 0 Å². The lowest BCUT2D eigenvalue weighted by molar-refractivity contribution is -0.384. The molecular weight excluding hydrogens is 250 g/mol. The molecule has 0 aliphatic rings. The van der Waals surface area contributed by atoms with E-state index in [1.807, 2.05) is 0 Å². The smallest absolute Gasteiger partial charge is 0.269 e. The van der Waals surface area contributed by atoms with Gasteiger partial charge in [0.2, 0.25) is 5.88 Å². The highest BCUT2D eigenvalue weighted by molar-refractivity contribution is 5.57. The third kappa shape index (κ3) is 2.44. The van der Waals surface area contributed by atoms with Crippen molar-refractivity contribution in [2.24, 2.45) is 0 Å². The van der Waals surface area contributed by atoms with E-state index in [4.69, 9.17) is 0 Å². The first-order valence-corrected chi connectivity index (χ1v) is 5.60. The molecule has 0 aliphatic carbocycles. The van der Waals surface area contributed by atoms with Gasteiger partial charge in [0.1, 0.15) is 5.82 Å². The first-order valence-electron chi connectivity index (χ1n) is 5.60. The van der Waals surface area contributed by atoms with Crippen LogP contribution in [0.1, 0.15) is 12.5 Å². The average Bonchev–Trinajstić information content (AvgIpc) is 2.38. The molecule has 2 N–H and O–H groups in total. The van der Waals surface area contributed by atoms with Crippen molar-refractivity contribution in [3.63, 3.8) is 0 Å². The molecule has 0 unspecified atom stereocenters. The van der Waals surface area contributed by atoms with Crippen LogP contribution in [0.25, 0.3) is 11.4 Å². The van der Waals surface area contributed by atoms with Crippen molar-refractivity contribution < 1.29 is 10.0 Å². The number of aromatic nitrogens is 2. The van der Waals surface area contributed by atoms with Crippen LogP contribution in [0.5, 0.6) is 5.88 Å². The van der Waals surface area contributed by atoms with E-state index in [0.29, 0.717) is 12.0 Å². The van der Waals surface area contributed by atoms with Crippen LogP contribution in [-0.4, -0.2) is 20.0 Å². The lowest BCUT2D eigenvalue weighted by Crippen LogP contribution is -2.14. The molecule has 0 atom stereocenters. The van der Waals surface area contributed by atoms with Crippen molar-refractivity contribution in [1.29, 1.82) is 0 Å². The van der Waals surface area contributed by atoms with Gasteiger partial charge in [0, 0.05) is 17.7 Å². The Kier molecular flexibility index (Phi) is 3.28. The quantitative estimate of drug-likeness (QED) is 0.644. The van der Waals surface area contributed by atoms with Gasteiger partial charge in [0.25, 0.3) is 11.2 Å². The van der Waals surface area contributed by atoms with Crippen molar-refractivity contribution in [2.75, 3.05) is 0 Å². The molecule has 7 nitrogen and oxygen atoms in total. The Bertz CT molecular complexity index is 676. The zero-order valence-corrected chi connectivity index (χ0v) is 10.1. The number of H-pyrrole nitrogens is 1. The van der Waals surface area contributed by atoms with E-state index in [-0.39, 0.29) is 23.0 Å². The summed E-state index contributed by atoms with van der Waals surface area (Å²) >= 11 is 0. The molecular formula is C12H11N3O4. The molecule has 19 heavy (non-hydrogen) atoms. The average molecular weight is 261 g/mol. The van der Waals surface area contributed by atoms with Gasteiger partial charge >= 0.3 is 0 Å². The zero-order chi connectivity index (χ0) is 14.0. The fraction of sp³-hybridized carbons (Fsp3) is 0.167. The van der Waals surface area contributed by atoms with Crippen molar-refractivity contribution in [3.8, 4) is 17.3 Å². The van der Waals surface area contributed by atoms with Gasteiger partial charge in [-0.25, -0.2) is 0 Å². The molecule has 0 saturated heterocycles. The number of nitro groups is 1. The summed E-state index contributed by atoms with van der Waals surface area (Å²) in [6.45, 7) is 1.73. The van der Waals surface area contributed by atoms with Crippen LogP contribution in [0.3, 0.4) is 0 Å². The molecule has 0 amide bonds. The number of nitrogens with zero attached hydrogens (tertiary/aromatic N) is 2. The highest BCUT2D eigenvalue weighted by Gasteiger charge is 2.11. The number of hydrogen-bond donors (Lipinski definition) is 2. The highest BCUT2D eigenvalue weighted by atomic mass is 16.6. The second-order valence-corrected chi connectivity index (χ2v) is 3.87. The summed E-state index contributed by atoms with van der Waals surface area (Å²) in [5.74, 6) is -0.144. The molecule has 0 bridgehead atoms. The number of rotatable bonds is 3. The first-order chi connectivity index (χ1) is 9.02. The number of benzene rings is 1. The number of hydrogen-bond acceptors (Lipinski definition) is 5. The minimum absolute atomic E-state index is 0.0551.